The van der Waals surface area contributed by atoms with Gasteiger partial charge in [-0.15, -0.1) is 0 Å². The maximum atomic E-state index is 3.76. The minimum atomic E-state index is 0.844. The summed E-state index contributed by atoms with van der Waals surface area (Å²) in [7, 11) is 0. The largest absolute Gasteiger partial charge is 0.314 e. The smallest absolute Gasteiger partial charge is 0.0108 e. The van der Waals surface area contributed by atoms with E-state index in [1.54, 1.807) is 0 Å². The zero-order valence-corrected chi connectivity index (χ0v) is 10.5. The number of hydrogen-bond donors (Lipinski definition) is 1. The first kappa shape index (κ1) is 11.0. The number of piperidine rings is 3. The lowest BCUT2D eigenvalue weighted by atomic mass is 9.81. The monoisotopic (exact) mass is 222 g/mol. The van der Waals surface area contributed by atoms with Crippen molar-refractivity contribution in [2.24, 2.45) is 5.92 Å². The molecule has 2 nitrogen and oxygen atoms in total. The molecule has 3 rings (SSSR count). The van der Waals surface area contributed by atoms with E-state index in [-0.39, 0.29) is 0 Å². The molecule has 0 spiro atoms. The maximum absolute atomic E-state index is 3.76. The summed E-state index contributed by atoms with van der Waals surface area (Å²) in [4.78, 5) is 2.80. The Labute approximate surface area is 99.8 Å². The van der Waals surface area contributed by atoms with Crippen LogP contribution in [0.3, 0.4) is 0 Å². The molecule has 3 unspecified atom stereocenters. The van der Waals surface area contributed by atoms with Crippen molar-refractivity contribution in [2.75, 3.05) is 19.6 Å². The second-order valence-corrected chi connectivity index (χ2v) is 6.04. The molecule has 3 aliphatic heterocycles. The van der Waals surface area contributed by atoms with E-state index in [0.29, 0.717) is 0 Å². The van der Waals surface area contributed by atoms with Crippen molar-refractivity contribution < 1.29 is 0 Å². The summed E-state index contributed by atoms with van der Waals surface area (Å²) in [6.07, 6.45) is 11.7. The Kier molecular flexibility index (Phi) is 3.49. The van der Waals surface area contributed by atoms with Crippen LogP contribution in [0.4, 0.5) is 0 Å². The summed E-state index contributed by atoms with van der Waals surface area (Å²) in [6.45, 7) is 4.04. The fourth-order valence-corrected chi connectivity index (χ4v) is 4.04. The van der Waals surface area contributed by atoms with Crippen LogP contribution in [0.1, 0.15) is 51.4 Å². The second-order valence-electron chi connectivity index (χ2n) is 6.04. The fraction of sp³-hybridized carbons (Fsp3) is 1.00. The molecule has 0 aliphatic carbocycles. The van der Waals surface area contributed by atoms with Crippen LogP contribution in [0, 0.1) is 5.92 Å². The van der Waals surface area contributed by atoms with Gasteiger partial charge in [0, 0.05) is 18.6 Å². The van der Waals surface area contributed by atoms with Crippen molar-refractivity contribution in [2.45, 2.75) is 63.5 Å². The Bertz CT molecular complexity index is 220. The first-order chi connectivity index (χ1) is 7.93. The first-order valence-electron chi connectivity index (χ1n) is 7.41. The van der Waals surface area contributed by atoms with Crippen LogP contribution in [0.5, 0.6) is 0 Å². The highest BCUT2D eigenvalue weighted by atomic mass is 15.2. The molecule has 0 radical (unpaired) electrons. The third-order valence-corrected chi connectivity index (χ3v) is 5.01. The number of nitrogens with zero attached hydrogens (tertiary/aromatic N) is 1. The van der Waals surface area contributed by atoms with Crippen LogP contribution in [-0.4, -0.2) is 36.6 Å². The van der Waals surface area contributed by atoms with Gasteiger partial charge in [0.15, 0.2) is 0 Å². The molecule has 16 heavy (non-hydrogen) atoms. The molecule has 0 amide bonds. The molecular formula is C14H26N2. The zero-order chi connectivity index (χ0) is 10.8. The third-order valence-electron chi connectivity index (χ3n) is 5.01. The Morgan fingerprint density at radius 1 is 0.875 bits per heavy atom. The Morgan fingerprint density at radius 3 is 2.69 bits per heavy atom. The Hall–Kier alpha value is -0.0800. The first-order valence-corrected chi connectivity index (χ1v) is 7.41. The normalized spacial score (nSPS) is 41.6. The molecule has 3 heterocycles. The number of fused-ring (bicyclic) bond motifs is 1. The Balaban J connectivity index is 1.57. The lowest BCUT2D eigenvalue weighted by Crippen LogP contribution is -2.52. The van der Waals surface area contributed by atoms with Crippen LogP contribution in [0.2, 0.25) is 0 Å². The average molecular weight is 222 g/mol. The third kappa shape index (κ3) is 2.28. The van der Waals surface area contributed by atoms with E-state index in [2.05, 4.69) is 10.2 Å². The molecule has 3 fully saturated rings. The van der Waals surface area contributed by atoms with Gasteiger partial charge in [0.25, 0.3) is 0 Å². The standard InChI is InChI=1S/C14H26N2/c1-3-9-15-14(6-1)12-7-8-13-5-2-4-10-16(13)11-12/h12-15H,1-11H2. The van der Waals surface area contributed by atoms with Gasteiger partial charge in [-0.3, -0.25) is 0 Å². The SMILES string of the molecule is C1CCC(C2CCC3CCCCN3C2)NC1. The predicted molar refractivity (Wildman–Crippen MR) is 67.6 cm³/mol. The molecule has 3 saturated heterocycles. The van der Waals surface area contributed by atoms with Crippen LogP contribution >= 0.6 is 0 Å². The molecule has 3 atom stereocenters. The van der Waals surface area contributed by atoms with E-state index in [4.69, 9.17) is 0 Å². The molecule has 0 saturated carbocycles. The molecule has 0 aromatic heterocycles. The van der Waals surface area contributed by atoms with E-state index >= 15 is 0 Å². The van der Waals surface area contributed by atoms with Gasteiger partial charge in [-0.05, 0) is 57.5 Å². The van der Waals surface area contributed by atoms with Gasteiger partial charge in [-0.2, -0.15) is 0 Å². The van der Waals surface area contributed by atoms with Crippen LogP contribution < -0.4 is 5.32 Å². The lowest BCUT2D eigenvalue weighted by Gasteiger charge is -2.45. The van der Waals surface area contributed by atoms with Gasteiger partial charge in [-0.1, -0.05) is 12.8 Å². The summed E-state index contributed by atoms with van der Waals surface area (Å²) in [5, 5.41) is 3.76. The molecule has 1 N–H and O–H groups in total. The van der Waals surface area contributed by atoms with E-state index in [0.717, 1.165) is 18.0 Å². The summed E-state index contributed by atoms with van der Waals surface area (Å²) in [5.74, 6) is 0.953. The van der Waals surface area contributed by atoms with Crippen molar-refractivity contribution in [1.29, 1.82) is 0 Å². The summed E-state index contributed by atoms with van der Waals surface area (Å²) in [5.41, 5.74) is 0. The molecule has 0 aromatic rings. The Morgan fingerprint density at radius 2 is 1.81 bits per heavy atom. The van der Waals surface area contributed by atoms with Crippen LogP contribution in [0.25, 0.3) is 0 Å². The van der Waals surface area contributed by atoms with Gasteiger partial charge in [0.05, 0.1) is 0 Å². The fourth-order valence-electron chi connectivity index (χ4n) is 4.04. The van der Waals surface area contributed by atoms with Crippen LogP contribution in [0.15, 0.2) is 0 Å². The minimum Gasteiger partial charge on any atom is -0.314 e. The van der Waals surface area contributed by atoms with Gasteiger partial charge in [0.2, 0.25) is 0 Å². The van der Waals surface area contributed by atoms with Gasteiger partial charge >= 0.3 is 0 Å². The number of rotatable bonds is 1. The van der Waals surface area contributed by atoms with Crippen LogP contribution in [-0.2, 0) is 0 Å². The van der Waals surface area contributed by atoms with Crippen molar-refractivity contribution in [1.82, 2.24) is 10.2 Å². The minimum absolute atomic E-state index is 0.844. The van der Waals surface area contributed by atoms with Gasteiger partial charge in [-0.25, -0.2) is 0 Å². The lowest BCUT2D eigenvalue weighted by molar-refractivity contribution is 0.0570. The summed E-state index contributed by atoms with van der Waals surface area (Å²) in [6, 6.07) is 1.80. The van der Waals surface area contributed by atoms with Crippen molar-refractivity contribution in [3.8, 4) is 0 Å². The molecular weight excluding hydrogens is 196 g/mol. The van der Waals surface area contributed by atoms with Gasteiger partial charge < -0.3 is 10.2 Å². The van der Waals surface area contributed by atoms with Crippen molar-refractivity contribution >= 4 is 0 Å². The summed E-state index contributed by atoms with van der Waals surface area (Å²) >= 11 is 0. The van der Waals surface area contributed by atoms with Gasteiger partial charge in [0.1, 0.15) is 0 Å². The van der Waals surface area contributed by atoms with Crippen molar-refractivity contribution in [3.05, 3.63) is 0 Å². The predicted octanol–water partition coefficient (Wildman–Crippen LogP) is 2.39. The average Bonchev–Trinajstić information content (AvgIpc) is 2.39. The highest BCUT2D eigenvalue weighted by molar-refractivity contribution is 4.90. The molecule has 92 valence electrons. The van der Waals surface area contributed by atoms with E-state index in [1.807, 2.05) is 0 Å². The maximum Gasteiger partial charge on any atom is 0.0108 e. The highest BCUT2D eigenvalue weighted by Gasteiger charge is 2.33. The second kappa shape index (κ2) is 5.05. The number of nitrogens with one attached hydrogen (secondary N) is 1. The zero-order valence-electron chi connectivity index (χ0n) is 10.5. The molecule has 3 aliphatic rings. The van der Waals surface area contributed by atoms with E-state index in [1.165, 1.54) is 71.0 Å². The molecule has 2 heteroatoms. The molecule has 0 bridgehead atoms. The topological polar surface area (TPSA) is 15.3 Å². The highest BCUT2D eigenvalue weighted by Crippen LogP contribution is 2.32. The molecule has 0 aromatic carbocycles. The summed E-state index contributed by atoms with van der Waals surface area (Å²) < 4.78 is 0. The van der Waals surface area contributed by atoms with Crippen molar-refractivity contribution in [3.63, 3.8) is 0 Å². The van der Waals surface area contributed by atoms with E-state index < -0.39 is 0 Å². The quantitative estimate of drug-likeness (QED) is 0.733. The number of hydrogen-bond acceptors (Lipinski definition) is 2. The van der Waals surface area contributed by atoms with E-state index in [9.17, 15) is 0 Å².